The molecule has 12 heavy (non-hydrogen) atoms. The molecule has 0 bridgehead atoms. The van der Waals surface area contributed by atoms with E-state index >= 15 is 0 Å². The van der Waals surface area contributed by atoms with Crippen LogP contribution in [0.4, 0.5) is 4.39 Å². The van der Waals surface area contributed by atoms with Crippen molar-refractivity contribution in [2.75, 3.05) is 0 Å². The Hall–Kier alpha value is -1.89. The second-order valence-corrected chi connectivity index (χ2v) is 2.10. The van der Waals surface area contributed by atoms with Gasteiger partial charge in [-0.2, -0.15) is 5.26 Å². The molecule has 0 saturated heterocycles. The quantitative estimate of drug-likeness (QED) is 0.388. The summed E-state index contributed by atoms with van der Waals surface area (Å²) in [4.78, 5) is 0. The maximum atomic E-state index is 12.7. The first-order valence-corrected chi connectivity index (χ1v) is 3.15. The summed E-state index contributed by atoms with van der Waals surface area (Å²) in [6, 6.07) is 5.54. The minimum Gasteiger partial charge on any atom is -0.411 e. The van der Waals surface area contributed by atoms with E-state index in [1.807, 2.05) is 0 Å². The zero-order chi connectivity index (χ0) is 8.97. The molecule has 0 radical (unpaired) electrons. The van der Waals surface area contributed by atoms with Crippen LogP contribution in [-0.2, 0) is 0 Å². The lowest BCUT2D eigenvalue weighted by atomic mass is 10.1. The average molecular weight is 164 g/mol. The number of rotatable bonds is 1. The van der Waals surface area contributed by atoms with Crippen LogP contribution in [0.3, 0.4) is 0 Å². The molecule has 0 heterocycles. The fraction of sp³-hybridized carbons (Fsp3) is 0. The van der Waals surface area contributed by atoms with Crippen molar-refractivity contribution in [2.24, 2.45) is 5.16 Å². The molecule has 0 aromatic heterocycles. The monoisotopic (exact) mass is 164 g/mol. The molecule has 0 fully saturated rings. The van der Waals surface area contributed by atoms with Gasteiger partial charge < -0.3 is 5.21 Å². The van der Waals surface area contributed by atoms with Gasteiger partial charge in [0, 0.05) is 0 Å². The fourth-order valence-electron chi connectivity index (χ4n) is 0.776. The Morgan fingerprint density at radius 3 is 2.92 bits per heavy atom. The number of hydrogen-bond acceptors (Lipinski definition) is 3. The van der Waals surface area contributed by atoms with E-state index in [1.54, 1.807) is 6.07 Å². The number of nitrogens with zero attached hydrogens (tertiary/aromatic N) is 2. The van der Waals surface area contributed by atoms with E-state index in [4.69, 9.17) is 10.5 Å². The van der Waals surface area contributed by atoms with Crippen LogP contribution in [0.25, 0.3) is 0 Å². The molecular weight excluding hydrogens is 159 g/mol. The maximum Gasteiger partial charge on any atom is 0.140 e. The SMILES string of the molecule is N#Cc1cc(C=NO)ccc1F. The van der Waals surface area contributed by atoms with E-state index in [0.717, 1.165) is 12.3 Å². The van der Waals surface area contributed by atoms with Crippen molar-refractivity contribution in [3.8, 4) is 6.07 Å². The molecule has 0 amide bonds. The first-order chi connectivity index (χ1) is 5.77. The van der Waals surface area contributed by atoms with Crippen molar-refractivity contribution in [3.63, 3.8) is 0 Å². The molecule has 1 aromatic carbocycles. The van der Waals surface area contributed by atoms with Gasteiger partial charge in [0.2, 0.25) is 0 Å². The van der Waals surface area contributed by atoms with Crippen molar-refractivity contribution < 1.29 is 9.60 Å². The van der Waals surface area contributed by atoms with Crippen LogP contribution in [0.15, 0.2) is 23.4 Å². The van der Waals surface area contributed by atoms with Gasteiger partial charge in [-0.15, -0.1) is 0 Å². The molecule has 1 aromatic rings. The van der Waals surface area contributed by atoms with E-state index in [-0.39, 0.29) is 5.56 Å². The molecular formula is C8H5FN2O. The summed E-state index contributed by atoms with van der Waals surface area (Å²) in [7, 11) is 0. The highest BCUT2D eigenvalue weighted by Crippen LogP contribution is 2.07. The van der Waals surface area contributed by atoms with Crippen LogP contribution < -0.4 is 0 Å². The van der Waals surface area contributed by atoms with Crippen LogP contribution in [0.2, 0.25) is 0 Å². The Bertz CT molecular complexity index is 355. The summed E-state index contributed by atoms with van der Waals surface area (Å²) in [5.41, 5.74) is 0.419. The minimum atomic E-state index is -0.576. The third kappa shape index (κ3) is 1.58. The van der Waals surface area contributed by atoms with Crippen LogP contribution in [-0.4, -0.2) is 11.4 Å². The number of benzene rings is 1. The van der Waals surface area contributed by atoms with Gasteiger partial charge in [0.25, 0.3) is 0 Å². The van der Waals surface area contributed by atoms with Crippen molar-refractivity contribution in [1.82, 2.24) is 0 Å². The molecule has 0 unspecified atom stereocenters. The normalized spacial score (nSPS) is 10.0. The van der Waals surface area contributed by atoms with Crippen LogP contribution in [0.1, 0.15) is 11.1 Å². The smallest absolute Gasteiger partial charge is 0.140 e. The Morgan fingerprint density at radius 1 is 1.58 bits per heavy atom. The van der Waals surface area contributed by atoms with E-state index in [1.165, 1.54) is 12.1 Å². The molecule has 0 aliphatic carbocycles. The lowest BCUT2D eigenvalue weighted by Crippen LogP contribution is -1.87. The molecule has 1 N–H and O–H groups in total. The molecule has 1 rings (SSSR count). The third-order valence-electron chi connectivity index (χ3n) is 1.32. The van der Waals surface area contributed by atoms with Crippen LogP contribution >= 0.6 is 0 Å². The Morgan fingerprint density at radius 2 is 2.33 bits per heavy atom. The first-order valence-electron chi connectivity index (χ1n) is 3.15. The van der Waals surface area contributed by atoms with Gasteiger partial charge in [0.15, 0.2) is 0 Å². The number of hydrogen-bond donors (Lipinski definition) is 1. The van der Waals surface area contributed by atoms with Gasteiger partial charge in [-0.05, 0) is 17.7 Å². The van der Waals surface area contributed by atoms with Gasteiger partial charge in [-0.25, -0.2) is 4.39 Å². The van der Waals surface area contributed by atoms with Crippen molar-refractivity contribution >= 4 is 6.21 Å². The number of oxime groups is 1. The van der Waals surface area contributed by atoms with Gasteiger partial charge >= 0.3 is 0 Å². The topological polar surface area (TPSA) is 56.4 Å². The van der Waals surface area contributed by atoms with Crippen LogP contribution in [0, 0.1) is 17.1 Å². The minimum absolute atomic E-state index is 0.0626. The summed E-state index contributed by atoms with van der Waals surface area (Å²) in [5, 5.41) is 19.3. The highest BCUT2D eigenvalue weighted by molar-refractivity contribution is 5.79. The highest BCUT2D eigenvalue weighted by Gasteiger charge is 2.00. The molecule has 60 valence electrons. The second-order valence-electron chi connectivity index (χ2n) is 2.10. The van der Waals surface area contributed by atoms with Gasteiger partial charge in [0.05, 0.1) is 11.8 Å². The molecule has 0 aliphatic heterocycles. The Balaban J connectivity index is 3.16. The number of nitriles is 1. The second kappa shape index (κ2) is 3.49. The van der Waals surface area contributed by atoms with Crippen LogP contribution in [0.5, 0.6) is 0 Å². The molecule has 0 saturated carbocycles. The number of halogens is 1. The molecule has 0 aliphatic rings. The van der Waals surface area contributed by atoms with E-state index < -0.39 is 5.82 Å². The largest absolute Gasteiger partial charge is 0.411 e. The molecule has 0 atom stereocenters. The molecule has 0 spiro atoms. The summed E-state index contributed by atoms with van der Waals surface area (Å²) in [6.45, 7) is 0. The van der Waals surface area contributed by atoms with E-state index in [0.29, 0.717) is 5.56 Å². The average Bonchev–Trinajstić information content (AvgIpc) is 2.09. The highest BCUT2D eigenvalue weighted by atomic mass is 19.1. The zero-order valence-electron chi connectivity index (χ0n) is 6.03. The van der Waals surface area contributed by atoms with Crippen molar-refractivity contribution in [3.05, 3.63) is 35.1 Å². The lowest BCUT2D eigenvalue weighted by molar-refractivity contribution is 0.322. The summed E-state index contributed by atoms with van der Waals surface area (Å²) in [6.07, 6.45) is 1.13. The lowest BCUT2D eigenvalue weighted by Gasteiger charge is -1.93. The molecule has 4 heteroatoms. The van der Waals surface area contributed by atoms with Crippen molar-refractivity contribution in [2.45, 2.75) is 0 Å². The summed E-state index contributed by atoms with van der Waals surface area (Å²) in [5.74, 6) is -0.576. The zero-order valence-corrected chi connectivity index (χ0v) is 6.03. The Labute approximate surface area is 68.4 Å². The maximum absolute atomic E-state index is 12.7. The first kappa shape index (κ1) is 8.21. The summed E-state index contributed by atoms with van der Waals surface area (Å²) < 4.78 is 12.7. The van der Waals surface area contributed by atoms with E-state index in [9.17, 15) is 4.39 Å². The summed E-state index contributed by atoms with van der Waals surface area (Å²) >= 11 is 0. The van der Waals surface area contributed by atoms with Gasteiger partial charge in [-0.3, -0.25) is 0 Å². The molecule has 3 nitrogen and oxygen atoms in total. The van der Waals surface area contributed by atoms with E-state index in [2.05, 4.69) is 5.16 Å². The predicted octanol–water partition coefficient (Wildman–Crippen LogP) is 1.51. The van der Waals surface area contributed by atoms with Gasteiger partial charge in [-0.1, -0.05) is 11.2 Å². The third-order valence-corrected chi connectivity index (χ3v) is 1.32. The standard InChI is InChI=1S/C8H5FN2O/c9-8-2-1-6(5-11-12)3-7(8)4-10/h1-3,5,12H. The fourth-order valence-corrected chi connectivity index (χ4v) is 0.776. The van der Waals surface area contributed by atoms with Crippen molar-refractivity contribution in [1.29, 1.82) is 5.26 Å². The predicted molar refractivity (Wildman–Crippen MR) is 40.5 cm³/mol. The van der Waals surface area contributed by atoms with Gasteiger partial charge in [0.1, 0.15) is 11.9 Å². The Kier molecular flexibility index (Phi) is 2.38.